The summed E-state index contributed by atoms with van der Waals surface area (Å²) in [6.07, 6.45) is 0. The molecule has 1 N–H and O–H groups in total. The predicted octanol–water partition coefficient (Wildman–Crippen LogP) is 1.92. The highest BCUT2D eigenvalue weighted by atomic mass is 32.2. The highest BCUT2D eigenvalue weighted by Gasteiger charge is 2.25. The second-order valence-electron chi connectivity index (χ2n) is 6.92. The third-order valence-corrected chi connectivity index (χ3v) is 6.50. The number of carbonyl (C=O) groups excluding carboxylic acids is 1. The van der Waals surface area contributed by atoms with Crippen molar-refractivity contribution in [2.45, 2.75) is 18.7 Å². The molecule has 1 aliphatic rings. The van der Waals surface area contributed by atoms with E-state index in [4.69, 9.17) is 9.47 Å². The fraction of sp³-hybridized carbons (Fsp3) is 0.263. The number of imidazole rings is 1. The Kier molecular flexibility index (Phi) is 4.19. The first-order valence-electron chi connectivity index (χ1n) is 8.73. The summed E-state index contributed by atoms with van der Waals surface area (Å²) in [5.41, 5.74) is 1.60. The number of ether oxygens (including phenoxy) is 2. The van der Waals surface area contributed by atoms with Crippen molar-refractivity contribution in [1.82, 2.24) is 9.13 Å². The first-order valence-corrected chi connectivity index (χ1v) is 10.2. The second-order valence-corrected chi connectivity index (χ2v) is 8.57. The fourth-order valence-electron chi connectivity index (χ4n) is 3.44. The minimum absolute atomic E-state index is 0.000687. The zero-order chi connectivity index (χ0) is 21.1. The topological polar surface area (TPSA) is 109 Å². The van der Waals surface area contributed by atoms with E-state index in [9.17, 15) is 18.0 Å². The molecule has 1 aliphatic heterocycles. The average Bonchev–Trinajstić information content (AvgIpc) is 3.19. The highest BCUT2D eigenvalue weighted by molar-refractivity contribution is 7.92. The first kappa shape index (κ1) is 19.1. The van der Waals surface area contributed by atoms with E-state index in [1.165, 1.54) is 34.3 Å². The van der Waals surface area contributed by atoms with Gasteiger partial charge in [-0.15, -0.1) is 0 Å². The van der Waals surface area contributed by atoms with E-state index in [2.05, 4.69) is 4.72 Å². The van der Waals surface area contributed by atoms with Gasteiger partial charge in [-0.25, -0.2) is 13.2 Å². The van der Waals surface area contributed by atoms with Crippen molar-refractivity contribution in [1.29, 1.82) is 0 Å². The first-order chi connectivity index (χ1) is 13.6. The smallest absolute Gasteiger partial charge is 0.328 e. The standard InChI is InChI=1S/C19H19N3O6S/c1-10-5-14-15(22(4)19(24)21(14)3)8-18(10)29(25,26)20-13-7-17-16(27-9-28-17)6-12(13)11(2)23/h5-8,20H,9H2,1-4H3. The van der Waals surface area contributed by atoms with Crippen LogP contribution >= 0.6 is 0 Å². The third-order valence-electron chi connectivity index (χ3n) is 4.99. The lowest BCUT2D eigenvalue weighted by Gasteiger charge is -2.14. The molecule has 1 aromatic heterocycles. The van der Waals surface area contributed by atoms with Gasteiger partial charge < -0.3 is 9.47 Å². The van der Waals surface area contributed by atoms with Crippen molar-refractivity contribution >= 4 is 32.5 Å². The van der Waals surface area contributed by atoms with E-state index in [-0.39, 0.29) is 34.4 Å². The van der Waals surface area contributed by atoms with Gasteiger partial charge in [-0.05, 0) is 37.6 Å². The van der Waals surface area contributed by atoms with Crippen LogP contribution < -0.4 is 19.9 Å². The number of Topliss-reactive ketones (excluding diaryl/α,β-unsaturated/α-hetero) is 1. The Morgan fingerprint density at radius 1 is 1.03 bits per heavy atom. The molecule has 2 aromatic carbocycles. The summed E-state index contributed by atoms with van der Waals surface area (Å²) in [5.74, 6) is 0.416. The van der Waals surface area contributed by atoms with Crippen LogP contribution in [-0.4, -0.2) is 30.1 Å². The lowest BCUT2D eigenvalue weighted by atomic mass is 10.1. The number of nitrogens with zero attached hydrogens (tertiary/aromatic N) is 2. The van der Waals surface area contributed by atoms with Crippen LogP contribution in [0.1, 0.15) is 22.8 Å². The fourth-order valence-corrected chi connectivity index (χ4v) is 4.76. The minimum atomic E-state index is -4.05. The molecule has 0 bridgehead atoms. The molecule has 0 radical (unpaired) electrons. The molecule has 3 aromatic rings. The van der Waals surface area contributed by atoms with Crippen molar-refractivity contribution < 1.29 is 22.7 Å². The summed E-state index contributed by atoms with van der Waals surface area (Å²) < 4.78 is 42.2. The van der Waals surface area contributed by atoms with Gasteiger partial charge in [-0.1, -0.05) is 0 Å². The van der Waals surface area contributed by atoms with Crippen molar-refractivity contribution in [3.63, 3.8) is 0 Å². The number of sulfonamides is 1. The number of hydrogen-bond acceptors (Lipinski definition) is 6. The highest BCUT2D eigenvalue weighted by Crippen LogP contribution is 2.38. The Balaban J connectivity index is 1.85. The van der Waals surface area contributed by atoms with Crippen LogP contribution in [0.15, 0.2) is 34.0 Å². The Morgan fingerprint density at radius 2 is 1.62 bits per heavy atom. The second kappa shape index (κ2) is 6.38. The molecule has 2 heterocycles. The van der Waals surface area contributed by atoms with Gasteiger partial charge in [0.05, 0.1) is 21.6 Å². The molecule has 0 saturated heterocycles. The monoisotopic (exact) mass is 417 g/mol. The number of ketones is 1. The molecule has 0 amide bonds. The zero-order valence-corrected chi connectivity index (χ0v) is 17.1. The number of nitrogens with one attached hydrogen (secondary N) is 1. The van der Waals surface area contributed by atoms with Gasteiger partial charge >= 0.3 is 5.69 Å². The Morgan fingerprint density at radius 3 is 2.24 bits per heavy atom. The number of aromatic nitrogens is 2. The molecule has 10 heteroatoms. The van der Waals surface area contributed by atoms with Crippen molar-refractivity contribution in [2.75, 3.05) is 11.5 Å². The molecule has 0 aliphatic carbocycles. The van der Waals surface area contributed by atoms with Crippen LogP contribution in [0.4, 0.5) is 5.69 Å². The maximum Gasteiger partial charge on any atom is 0.328 e. The number of anilines is 1. The Bertz CT molecular complexity index is 1350. The van der Waals surface area contributed by atoms with E-state index in [1.54, 1.807) is 27.1 Å². The maximum absolute atomic E-state index is 13.2. The summed E-state index contributed by atoms with van der Waals surface area (Å²) >= 11 is 0. The number of hydrogen-bond donors (Lipinski definition) is 1. The Hall–Kier alpha value is -3.27. The van der Waals surface area contributed by atoms with Crippen molar-refractivity contribution in [3.8, 4) is 11.5 Å². The molecule has 0 fully saturated rings. The van der Waals surface area contributed by atoms with Crippen molar-refractivity contribution in [3.05, 3.63) is 45.9 Å². The van der Waals surface area contributed by atoms with E-state index < -0.39 is 10.0 Å². The predicted molar refractivity (Wildman–Crippen MR) is 106 cm³/mol. The molecule has 152 valence electrons. The minimum Gasteiger partial charge on any atom is -0.454 e. The van der Waals surface area contributed by atoms with Crippen LogP contribution in [-0.2, 0) is 24.1 Å². The van der Waals surface area contributed by atoms with E-state index >= 15 is 0 Å². The number of fused-ring (bicyclic) bond motifs is 2. The summed E-state index contributed by atoms with van der Waals surface area (Å²) in [6.45, 7) is 2.99. The summed E-state index contributed by atoms with van der Waals surface area (Å²) in [5, 5.41) is 0. The molecular weight excluding hydrogens is 398 g/mol. The number of carbonyl (C=O) groups is 1. The van der Waals surface area contributed by atoms with Gasteiger partial charge in [0.1, 0.15) is 0 Å². The largest absolute Gasteiger partial charge is 0.454 e. The average molecular weight is 417 g/mol. The van der Waals surface area contributed by atoms with Gasteiger partial charge in [0, 0.05) is 25.7 Å². The van der Waals surface area contributed by atoms with Crippen LogP contribution in [0.3, 0.4) is 0 Å². The number of aryl methyl sites for hydroxylation is 3. The molecule has 29 heavy (non-hydrogen) atoms. The molecule has 0 spiro atoms. The maximum atomic E-state index is 13.2. The summed E-state index contributed by atoms with van der Waals surface area (Å²) in [6, 6.07) is 5.99. The van der Waals surface area contributed by atoms with Crippen LogP contribution in [0.25, 0.3) is 11.0 Å². The van der Waals surface area contributed by atoms with Gasteiger partial charge in [0.2, 0.25) is 6.79 Å². The van der Waals surface area contributed by atoms with Gasteiger partial charge in [0.25, 0.3) is 10.0 Å². The Labute approximate surface area is 166 Å². The van der Waals surface area contributed by atoms with E-state index in [0.717, 1.165) is 0 Å². The molecule has 0 atom stereocenters. The molecule has 9 nitrogen and oxygen atoms in total. The molecule has 4 rings (SSSR count). The number of benzene rings is 2. The number of rotatable bonds is 4. The third kappa shape index (κ3) is 2.96. The van der Waals surface area contributed by atoms with Gasteiger partial charge in [-0.2, -0.15) is 0 Å². The van der Waals surface area contributed by atoms with E-state index in [0.29, 0.717) is 28.1 Å². The molecule has 0 unspecified atom stereocenters. The molecule has 0 saturated carbocycles. The lowest BCUT2D eigenvalue weighted by molar-refractivity contribution is 0.101. The van der Waals surface area contributed by atoms with Crippen LogP contribution in [0.2, 0.25) is 0 Å². The SMILES string of the molecule is CC(=O)c1cc2c(cc1NS(=O)(=O)c1cc3c(cc1C)n(C)c(=O)n3C)OCO2. The van der Waals surface area contributed by atoms with Crippen LogP contribution in [0, 0.1) is 6.92 Å². The van der Waals surface area contributed by atoms with Gasteiger partial charge in [-0.3, -0.25) is 18.7 Å². The summed E-state index contributed by atoms with van der Waals surface area (Å²) in [7, 11) is -0.846. The molecular formula is C19H19N3O6S. The normalized spacial score (nSPS) is 13.1. The van der Waals surface area contributed by atoms with Crippen molar-refractivity contribution in [2.24, 2.45) is 14.1 Å². The van der Waals surface area contributed by atoms with Gasteiger partial charge in [0.15, 0.2) is 17.3 Å². The zero-order valence-electron chi connectivity index (χ0n) is 16.3. The lowest BCUT2D eigenvalue weighted by Crippen LogP contribution is -2.19. The quantitative estimate of drug-likeness (QED) is 0.650. The summed E-state index contributed by atoms with van der Waals surface area (Å²) in [4.78, 5) is 24.2. The van der Waals surface area contributed by atoms with Crippen LogP contribution in [0.5, 0.6) is 11.5 Å². The van der Waals surface area contributed by atoms with E-state index in [1.807, 2.05) is 0 Å².